The van der Waals surface area contributed by atoms with E-state index < -0.39 is 4.92 Å². The van der Waals surface area contributed by atoms with Gasteiger partial charge in [0.2, 0.25) is 0 Å². The van der Waals surface area contributed by atoms with Gasteiger partial charge >= 0.3 is 0 Å². The summed E-state index contributed by atoms with van der Waals surface area (Å²) in [4.78, 5) is 26.7. The van der Waals surface area contributed by atoms with E-state index in [1.54, 1.807) is 48.5 Å². The van der Waals surface area contributed by atoms with E-state index in [4.69, 9.17) is 0 Å². The Morgan fingerprint density at radius 3 is 2.56 bits per heavy atom. The van der Waals surface area contributed by atoms with Crippen LogP contribution in [0.25, 0.3) is 0 Å². The molecule has 1 amide bonds. The number of carbonyl (C=O) groups is 1. The molecule has 7 heteroatoms. The quantitative estimate of drug-likeness (QED) is 0.401. The molecule has 0 heterocycles. The molecule has 0 atom stereocenters. The molecule has 7 nitrogen and oxygen atoms in total. The van der Waals surface area contributed by atoms with Gasteiger partial charge in [-0.05, 0) is 36.4 Å². The van der Waals surface area contributed by atoms with Crippen LogP contribution in [0.3, 0.4) is 0 Å². The fraction of sp³-hybridized carbons (Fsp3) is 0. The van der Waals surface area contributed by atoms with Crippen molar-refractivity contribution in [1.82, 2.24) is 0 Å². The normalized spacial score (nSPS) is 10.7. The van der Waals surface area contributed by atoms with Crippen LogP contribution in [0.4, 0.5) is 17.1 Å². The van der Waals surface area contributed by atoms with Crippen LogP contribution in [0.15, 0.2) is 77.8 Å². The third-order valence-corrected chi connectivity index (χ3v) is 3.71. The lowest BCUT2D eigenvalue weighted by molar-refractivity contribution is -0.384. The van der Waals surface area contributed by atoms with Crippen LogP contribution >= 0.6 is 0 Å². The first-order valence-electron chi connectivity index (χ1n) is 8.01. The number of benzene rings is 3. The second kappa shape index (κ2) is 7.92. The predicted octanol–water partition coefficient (Wildman–Crippen LogP) is 4.30. The van der Waals surface area contributed by atoms with Crippen molar-refractivity contribution in [2.75, 3.05) is 5.32 Å². The van der Waals surface area contributed by atoms with Gasteiger partial charge in [0, 0.05) is 35.2 Å². The molecule has 3 aromatic carbocycles. The second-order valence-corrected chi connectivity index (χ2v) is 5.63. The molecular formula is C20H15N3O4. The number of aliphatic imine (C=N–C) groups is 1. The van der Waals surface area contributed by atoms with E-state index in [2.05, 4.69) is 10.3 Å². The van der Waals surface area contributed by atoms with Gasteiger partial charge in [-0.15, -0.1) is 0 Å². The number of aromatic hydroxyl groups is 1. The fourth-order valence-corrected chi connectivity index (χ4v) is 2.36. The molecule has 0 radical (unpaired) electrons. The number of phenols is 1. The van der Waals surface area contributed by atoms with Crippen molar-refractivity contribution in [3.05, 3.63) is 94.0 Å². The van der Waals surface area contributed by atoms with E-state index in [0.717, 1.165) is 0 Å². The smallest absolute Gasteiger partial charge is 0.270 e. The molecule has 0 aromatic heterocycles. The number of nitro groups is 1. The van der Waals surface area contributed by atoms with Crippen molar-refractivity contribution < 1.29 is 14.8 Å². The Kier molecular flexibility index (Phi) is 5.22. The molecule has 0 saturated heterocycles. The average molecular weight is 361 g/mol. The van der Waals surface area contributed by atoms with Gasteiger partial charge in [-0.3, -0.25) is 19.9 Å². The number of hydrogen-bond acceptors (Lipinski definition) is 5. The minimum Gasteiger partial charge on any atom is -0.507 e. The van der Waals surface area contributed by atoms with Gasteiger partial charge < -0.3 is 10.4 Å². The Morgan fingerprint density at radius 1 is 1.04 bits per heavy atom. The van der Waals surface area contributed by atoms with Gasteiger partial charge in [-0.2, -0.15) is 0 Å². The summed E-state index contributed by atoms with van der Waals surface area (Å²) in [6.07, 6.45) is 1.33. The molecule has 0 unspecified atom stereocenters. The molecule has 27 heavy (non-hydrogen) atoms. The average Bonchev–Trinajstić information content (AvgIpc) is 2.68. The van der Waals surface area contributed by atoms with Crippen molar-refractivity contribution in [3.8, 4) is 5.75 Å². The monoisotopic (exact) mass is 361 g/mol. The van der Waals surface area contributed by atoms with Crippen LogP contribution in [-0.2, 0) is 0 Å². The highest BCUT2D eigenvalue weighted by Crippen LogP contribution is 2.23. The highest BCUT2D eigenvalue weighted by atomic mass is 16.6. The lowest BCUT2D eigenvalue weighted by Gasteiger charge is -2.06. The zero-order valence-electron chi connectivity index (χ0n) is 14.1. The summed E-state index contributed by atoms with van der Waals surface area (Å²) in [5.41, 5.74) is 1.70. The number of carbonyl (C=O) groups excluding carboxylic acids is 1. The fourth-order valence-electron chi connectivity index (χ4n) is 2.36. The number of rotatable bonds is 5. The highest BCUT2D eigenvalue weighted by Gasteiger charge is 2.09. The van der Waals surface area contributed by atoms with Crippen molar-refractivity contribution >= 4 is 29.2 Å². The van der Waals surface area contributed by atoms with E-state index in [9.17, 15) is 20.0 Å². The topological polar surface area (TPSA) is 105 Å². The zero-order valence-corrected chi connectivity index (χ0v) is 14.1. The molecule has 0 bridgehead atoms. The molecule has 3 rings (SSSR count). The number of anilines is 1. The summed E-state index contributed by atoms with van der Waals surface area (Å²) in [7, 11) is 0. The summed E-state index contributed by atoms with van der Waals surface area (Å²) >= 11 is 0. The molecular weight excluding hydrogens is 346 g/mol. The zero-order chi connectivity index (χ0) is 19.2. The number of hydrogen-bond donors (Lipinski definition) is 2. The van der Waals surface area contributed by atoms with Crippen LogP contribution in [0, 0.1) is 10.1 Å². The molecule has 3 aromatic rings. The molecule has 0 fully saturated rings. The van der Waals surface area contributed by atoms with Crippen LogP contribution in [-0.4, -0.2) is 22.2 Å². The molecule has 0 spiro atoms. The third-order valence-electron chi connectivity index (χ3n) is 3.71. The van der Waals surface area contributed by atoms with Crippen LogP contribution in [0.2, 0.25) is 0 Å². The van der Waals surface area contributed by atoms with Gasteiger partial charge in [-0.1, -0.05) is 24.3 Å². The number of amides is 1. The van der Waals surface area contributed by atoms with E-state index >= 15 is 0 Å². The molecule has 2 N–H and O–H groups in total. The first-order valence-corrected chi connectivity index (χ1v) is 8.01. The Balaban J connectivity index is 1.78. The number of nitrogens with one attached hydrogen (secondary N) is 1. The van der Waals surface area contributed by atoms with Crippen molar-refractivity contribution in [1.29, 1.82) is 0 Å². The van der Waals surface area contributed by atoms with Crippen molar-refractivity contribution in [3.63, 3.8) is 0 Å². The van der Waals surface area contributed by atoms with Crippen LogP contribution < -0.4 is 5.32 Å². The van der Waals surface area contributed by atoms with Crippen molar-refractivity contribution in [2.24, 2.45) is 4.99 Å². The molecule has 0 aliphatic heterocycles. The Labute approximate surface area is 154 Å². The first-order chi connectivity index (χ1) is 13.0. The highest BCUT2D eigenvalue weighted by molar-refractivity contribution is 6.04. The SMILES string of the molecule is O=C(Nc1cccc(N=Cc2cc([N+](=O)[O-])ccc2O)c1)c1ccccc1. The Hall–Kier alpha value is -4.00. The maximum Gasteiger partial charge on any atom is 0.270 e. The summed E-state index contributed by atoms with van der Waals surface area (Å²) < 4.78 is 0. The van der Waals surface area contributed by atoms with Gasteiger partial charge in [0.1, 0.15) is 5.75 Å². The number of nitro benzene ring substituents is 1. The minimum atomic E-state index is -0.545. The van der Waals surface area contributed by atoms with E-state index in [1.165, 1.54) is 24.4 Å². The molecule has 134 valence electrons. The molecule has 0 aliphatic rings. The number of phenolic OH excluding ortho intramolecular Hbond substituents is 1. The molecule has 0 saturated carbocycles. The number of nitrogens with zero attached hydrogens (tertiary/aromatic N) is 2. The largest absolute Gasteiger partial charge is 0.507 e. The maximum absolute atomic E-state index is 12.2. The van der Waals surface area contributed by atoms with E-state index in [-0.39, 0.29) is 22.9 Å². The van der Waals surface area contributed by atoms with Crippen molar-refractivity contribution in [2.45, 2.75) is 0 Å². The lowest BCUT2D eigenvalue weighted by atomic mass is 10.2. The summed E-state index contributed by atoms with van der Waals surface area (Å²) in [6.45, 7) is 0. The second-order valence-electron chi connectivity index (χ2n) is 5.63. The van der Waals surface area contributed by atoms with Crippen LogP contribution in [0.1, 0.15) is 15.9 Å². The minimum absolute atomic E-state index is 0.113. The van der Waals surface area contributed by atoms with Gasteiger partial charge in [0.25, 0.3) is 11.6 Å². The lowest BCUT2D eigenvalue weighted by Crippen LogP contribution is -2.11. The third kappa shape index (κ3) is 4.55. The molecule has 0 aliphatic carbocycles. The predicted molar refractivity (Wildman–Crippen MR) is 103 cm³/mol. The van der Waals surface area contributed by atoms with Gasteiger partial charge in [0.15, 0.2) is 0 Å². The Morgan fingerprint density at radius 2 is 1.81 bits per heavy atom. The van der Waals surface area contributed by atoms with E-state index in [0.29, 0.717) is 16.9 Å². The van der Waals surface area contributed by atoms with Crippen LogP contribution in [0.5, 0.6) is 5.75 Å². The summed E-state index contributed by atoms with van der Waals surface area (Å²) in [5.74, 6) is -0.356. The van der Waals surface area contributed by atoms with E-state index in [1.807, 2.05) is 6.07 Å². The van der Waals surface area contributed by atoms with Gasteiger partial charge in [0.05, 0.1) is 10.6 Å². The summed E-state index contributed by atoms with van der Waals surface area (Å²) in [5, 5.41) is 23.4. The number of non-ortho nitro benzene ring substituents is 1. The Bertz CT molecular complexity index is 1020. The van der Waals surface area contributed by atoms with Gasteiger partial charge in [-0.25, -0.2) is 0 Å². The summed E-state index contributed by atoms with van der Waals surface area (Å²) in [6, 6.07) is 19.3. The standard InChI is InChI=1S/C20H15N3O4/c24-19-10-9-18(23(26)27)11-15(19)13-21-16-7-4-8-17(12-16)22-20(25)14-5-2-1-3-6-14/h1-13,24H,(H,22,25). The maximum atomic E-state index is 12.2. The first kappa shape index (κ1) is 17.8.